The van der Waals surface area contributed by atoms with E-state index in [0.717, 1.165) is 11.8 Å². The quantitative estimate of drug-likeness (QED) is 0.627. The first-order valence-corrected chi connectivity index (χ1v) is 6.15. The molecule has 6 nitrogen and oxygen atoms in total. The number of nitrogens with one attached hydrogen (secondary N) is 2. The summed E-state index contributed by atoms with van der Waals surface area (Å²) in [5.74, 6) is 1.06. The molecule has 0 bridgehead atoms. The van der Waals surface area contributed by atoms with Crippen molar-refractivity contribution in [3.63, 3.8) is 0 Å². The van der Waals surface area contributed by atoms with Crippen LogP contribution < -0.4 is 10.1 Å². The zero-order valence-corrected chi connectivity index (χ0v) is 11.4. The third-order valence-electron chi connectivity index (χ3n) is 2.73. The number of aldehydes is 1. The summed E-state index contributed by atoms with van der Waals surface area (Å²) < 4.78 is 5.06. The molecule has 0 fully saturated rings. The molecule has 0 aliphatic rings. The summed E-state index contributed by atoms with van der Waals surface area (Å²) in [6.07, 6.45) is 6.70. The Bertz CT molecular complexity index is 666. The van der Waals surface area contributed by atoms with E-state index >= 15 is 0 Å². The van der Waals surface area contributed by atoms with Crippen molar-refractivity contribution in [1.82, 2.24) is 9.97 Å². The molecule has 2 N–H and O–H groups in total. The first-order chi connectivity index (χ1) is 10.3. The van der Waals surface area contributed by atoms with Crippen LogP contribution in [0.5, 0.6) is 5.88 Å². The molecule has 0 amide bonds. The highest BCUT2D eigenvalue weighted by Crippen LogP contribution is 2.16. The minimum absolute atomic E-state index is 0.480. The lowest BCUT2D eigenvalue weighted by atomic mass is 10.1. The molecule has 0 saturated heterocycles. The van der Waals surface area contributed by atoms with Gasteiger partial charge in [0.1, 0.15) is 5.82 Å². The van der Waals surface area contributed by atoms with Gasteiger partial charge in [0.2, 0.25) is 5.88 Å². The van der Waals surface area contributed by atoms with Crippen LogP contribution in [-0.2, 0) is 0 Å². The molecule has 106 valence electrons. The molecular formula is C15H14N4O2. The van der Waals surface area contributed by atoms with Crippen molar-refractivity contribution in [3.05, 3.63) is 54.0 Å². The minimum atomic E-state index is 0.480. The second-order valence-corrected chi connectivity index (χ2v) is 4.07. The minimum Gasteiger partial charge on any atom is -0.481 e. The van der Waals surface area contributed by atoms with Gasteiger partial charge in [-0.25, -0.2) is 9.97 Å². The number of nitrogens with zero attached hydrogens (tertiary/aromatic N) is 2. The van der Waals surface area contributed by atoms with Gasteiger partial charge in [0.15, 0.2) is 6.29 Å². The van der Waals surface area contributed by atoms with Crippen molar-refractivity contribution < 1.29 is 9.53 Å². The highest BCUT2D eigenvalue weighted by Gasteiger charge is 2.02. The second kappa shape index (κ2) is 6.95. The Hall–Kier alpha value is -3.02. The van der Waals surface area contributed by atoms with Crippen LogP contribution >= 0.6 is 0 Å². The monoisotopic (exact) mass is 282 g/mol. The molecule has 0 aliphatic heterocycles. The number of hydrogen-bond donors (Lipinski definition) is 2. The van der Waals surface area contributed by atoms with Crippen molar-refractivity contribution in [3.8, 4) is 5.88 Å². The van der Waals surface area contributed by atoms with Crippen LogP contribution in [0, 0.1) is 5.41 Å². The fourth-order valence-electron chi connectivity index (χ4n) is 1.62. The van der Waals surface area contributed by atoms with E-state index in [9.17, 15) is 4.79 Å². The molecule has 0 spiro atoms. The van der Waals surface area contributed by atoms with Gasteiger partial charge < -0.3 is 15.5 Å². The second-order valence-electron chi connectivity index (χ2n) is 4.07. The van der Waals surface area contributed by atoms with Crippen LogP contribution in [0.3, 0.4) is 0 Å². The number of carbonyl (C=O) groups excluding carboxylic acids is 1. The normalized spacial score (nSPS) is 10.8. The summed E-state index contributed by atoms with van der Waals surface area (Å²) in [6.45, 7) is 0. The zero-order chi connectivity index (χ0) is 15.1. The molecule has 21 heavy (non-hydrogen) atoms. The third kappa shape index (κ3) is 3.73. The fraction of sp³-hybridized carbons (Fsp3) is 0.0667. The Kier molecular flexibility index (Phi) is 4.76. The van der Waals surface area contributed by atoms with Crippen LogP contribution in [0.1, 0.15) is 15.9 Å². The average molecular weight is 282 g/mol. The highest BCUT2D eigenvalue weighted by atomic mass is 16.5. The maximum atomic E-state index is 10.6. The van der Waals surface area contributed by atoms with Gasteiger partial charge in [-0.15, -0.1) is 0 Å². The van der Waals surface area contributed by atoms with Gasteiger partial charge in [0, 0.05) is 42.0 Å². The zero-order valence-electron chi connectivity index (χ0n) is 11.4. The van der Waals surface area contributed by atoms with E-state index in [1.807, 2.05) is 0 Å². The summed E-state index contributed by atoms with van der Waals surface area (Å²) in [6, 6.07) is 6.87. The van der Waals surface area contributed by atoms with Gasteiger partial charge in [-0.1, -0.05) is 0 Å². The van der Waals surface area contributed by atoms with Gasteiger partial charge in [-0.05, 0) is 23.8 Å². The first-order valence-electron chi connectivity index (χ1n) is 6.15. The Morgan fingerprint density at radius 3 is 2.81 bits per heavy atom. The van der Waals surface area contributed by atoms with Crippen LogP contribution in [-0.4, -0.2) is 29.6 Å². The van der Waals surface area contributed by atoms with Gasteiger partial charge in [0.25, 0.3) is 0 Å². The first kappa shape index (κ1) is 14.4. The van der Waals surface area contributed by atoms with E-state index in [2.05, 4.69) is 15.3 Å². The number of pyridine rings is 2. The molecule has 0 aliphatic carbocycles. The van der Waals surface area contributed by atoms with E-state index in [1.165, 1.54) is 19.5 Å². The van der Waals surface area contributed by atoms with Gasteiger partial charge in [-0.2, -0.15) is 0 Å². The maximum absolute atomic E-state index is 10.6. The number of ether oxygens (including phenoxy) is 1. The number of aromatic nitrogens is 2. The van der Waals surface area contributed by atoms with Gasteiger partial charge >= 0.3 is 0 Å². The SMILES string of the molecule is COc1cc(/C(C=N)=C/Nc2ccc(C=O)cn2)ccn1. The summed E-state index contributed by atoms with van der Waals surface area (Å²) in [5.41, 5.74) is 1.96. The Morgan fingerprint density at radius 2 is 2.19 bits per heavy atom. The molecule has 0 aromatic carbocycles. The Morgan fingerprint density at radius 1 is 1.33 bits per heavy atom. The van der Waals surface area contributed by atoms with E-state index < -0.39 is 0 Å². The number of carbonyl (C=O) groups is 1. The summed E-state index contributed by atoms with van der Waals surface area (Å²) in [4.78, 5) is 18.7. The Labute approximate surface area is 122 Å². The predicted molar refractivity (Wildman–Crippen MR) is 80.8 cm³/mol. The standard InChI is InChI=1S/C15H14N4O2/c1-21-15-6-12(4-5-17-15)13(7-16)9-19-14-3-2-11(10-20)8-18-14/h2-10,16H,1H3,(H,18,19)/b13-9+,16-7?. The molecule has 6 heteroatoms. The van der Waals surface area contributed by atoms with Gasteiger partial charge in [0.05, 0.1) is 7.11 Å². The van der Waals surface area contributed by atoms with Crippen LogP contribution in [0.15, 0.2) is 42.9 Å². The molecule has 0 saturated carbocycles. The fourth-order valence-corrected chi connectivity index (χ4v) is 1.62. The topological polar surface area (TPSA) is 88.0 Å². The predicted octanol–water partition coefficient (Wildman–Crippen LogP) is 2.40. The lowest BCUT2D eigenvalue weighted by molar-refractivity contribution is 0.112. The van der Waals surface area contributed by atoms with Crippen LogP contribution in [0.4, 0.5) is 5.82 Å². The number of allylic oxidation sites excluding steroid dienone is 1. The summed E-state index contributed by atoms with van der Waals surface area (Å²) in [5, 5.41) is 10.5. The van der Waals surface area contributed by atoms with Crippen molar-refractivity contribution in [2.45, 2.75) is 0 Å². The third-order valence-corrected chi connectivity index (χ3v) is 2.73. The van der Waals surface area contributed by atoms with Gasteiger partial charge in [-0.3, -0.25) is 4.79 Å². The van der Waals surface area contributed by atoms with Crippen LogP contribution in [0.25, 0.3) is 5.57 Å². The molecule has 2 rings (SSSR count). The smallest absolute Gasteiger partial charge is 0.213 e. The van der Waals surface area contributed by atoms with Crippen molar-refractivity contribution in [1.29, 1.82) is 5.41 Å². The summed E-state index contributed by atoms with van der Waals surface area (Å²) >= 11 is 0. The molecular weight excluding hydrogens is 268 g/mol. The molecule has 2 aromatic heterocycles. The highest BCUT2D eigenvalue weighted by molar-refractivity contribution is 6.08. The van der Waals surface area contributed by atoms with Crippen molar-refractivity contribution in [2.24, 2.45) is 0 Å². The lowest BCUT2D eigenvalue weighted by Crippen LogP contribution is -1.97. The average Bonchev–Trinajstić information content (AvgIpc) is 2.56. The van der Waals surface area contributed by atoms with E-state index in [0.29, 0.717) is 22.8 Å². The lowest BCUT2D eigenvalue weighted by Gasteiger charge is -2.05. The number of rotatable bonds is 6. The van der Waals surface area contributed by atoms with Crippen LogP contribution in [0.2, 0.25) is 0 Å². The molecule has 0 unspecified atom stereocenters. The number of anilines is 1. The molecule has 0 atom stereocenters. The largest absolute Gasteiger partial charge is 0.481 e. The molecule has 2 aromatic rings. The molecule has 0 radical (unpaired) electrons. The molecule has 2 heterocycles. The van der Waals surface area contributed by atoms with E-state index in [-0.39, 0.29) is 0 Å². The Balaban J connectivity index is 2.19. The number of hydrogen-bond acceptors (Lipinski definition) is 6. The van der Waals surface area contributed by atoms with E-state index in [4.69, 9.17) is 10.1 Å². The summed E-state index contributed by atoms with van der Waals surface area (Å²) in [7, 11) is 1.54. The van der Waals surface area contributed by atoms with Crippen molar-refractivity contribution in [2.75, 3.05) is 12.4 Å². The van der Waals surface area contributed by atoms with Crippen molar-refractivity contribution >= 4 is 23.9 Å². The maximum Gasteiger partial charge on any atom is 0.213 e. The number of methoxy groups -OCH3 is 1. The van der Waals surface area contributed by atoms with E-state index in [1.54, 1.807) is 36.7 Å².